The third-order valence-corrected chi connectivity index (χ3v) is 3.42. The monoisotopic (exact) mass is 358 g/mol. The van der Waals surface area contributed by atoms with E-state index < -0.39 is 17.6 Å². The van der Waals surface area contributed by atoms with Gasteiger partial charge in [0.25, 0.3) is 5.91 Å². The summed E-state index contributed by atoms with van der Waals surface area (Å²) in [5.41, 5.74) is -0.588. The van der Waals surface area contributed by atoms with E-state index in [1.807, 2.05) is 0 Å². The summed E-state index contributed by atoms with van der Waals surface area (Å²) < 4.78 is 37.5. The first-order valence-electron chi connectivity index (χ1n) is 8.14. The summed E-state index contributed by atoms with van der Waals surface area (Å²) in [5, 5.41) is 8.86. The molecule has 8 heteroatoms. The molecule has 0 bridgehead atoms. The average Bonchev–Trinajstić information content (AvgIpc) is 2.55. The van der Waals surface area contributed by atoms with E-state index in [4.69, 9.17) is 0 Å². The minimum absolute atomic E-state index is 0.187. The SMILES string of the molecule is CN=C(NCCNC(=O)c1ccc(C(F)(F)F)cc1)NCCC(C)C. The van der Waals surface area contributed by atoms with Crippen molar-refractivity contribution < 1.29 is 18.0 Å². The third kappa shape index (κ3) is 7.91. The largest absolute Gasteiger partial charge is 0.416 e. The van der Waals surface area contributed by atoms with E-state index in [2.05, 4.69) is 34.8 Å². The molecule has 1 rings (SSSR count). The molecule has 0 unspecified atom stereocenters. The van der Waals surface area contributed by atoms with Gasteiger partial charge in [0.05, 0.1) is 5.56 Å². The maximum Gasteiger partial charge on any atom is 0.416 e. The predicted molar refractivity (Wildman–Crippen MR) is 92.6 cm³/mol. The number of guanidine groups is 1. The van der Waals surface area contributed by atoms with Crippen LogP contribution in [0.4, 0.5) is 13.2 Å². The van der Waals surface area contributed by atoms with Gasteiger partial charge >= 0.3 is 6.18 Å². The summed E-state index contributed by atoms with van der Waals surface area (Å²) in [6.45, 7) is 5.84. The molecule has 0 heterocycles. The molecule has 0 radical (unpaired) electrons. The van der Waals surface area contributed by atoms with Crippen LogP contribution in [0.2, 0.25) is 0 Å². The summed E-state index contributed by atoms with van der Waals surface area (Å²) >= 11 is 0. The topological polar surface area (TPSA) is 65.5 Å². The Bertz CT molecular complexity index is 568. The second kappa shape index (κ2) is 9.90. The molecule has 3 N–H and O–H groups in total. The molecule has 0 aliphatic carbocycles. The van der Waals surface area contributed by atoms with Crippen molar-refractivity contribution in [3.8, 4) is 0 Å². The van der Waals surface area contributed by atoms with Crippen molar-refractivity contribution in [3.05, 3.63) is 35.4 Å². The summed E-state index contributed by atoms with van der Waals surface area (Å²) in [4.78, 5) is 16.0. The lowest BCUT2D eigenvalue weighted by Gasteiger charge is -2.13. The van der Waals surface area contributed by atoms with Crippen molar-refractivity contribution in [1.82, 2.24) is 16.0 Å². The van der Waals surface area contributed by atoms with Crippen LogP contribution in [0.1, 0.15) is 36.2 Å². The van der Waals surface area contributed by atoms with Gasteiger partial charge in [0, 0.05) is 32.2 Å². The Morgan fingerprint density at radius 1 is 1.04 bits per heavy atom. The Balaban J connectivity index is 2.34. The van der Waals surface area contributed by atoms with E-state index in [0.717, 1.165) is 37.2 Å². The molecule has 0 atom stereocenters. The normalized spacial score (nSPS) is 12.2. The van der Waals surface area contributed by atoms with Crippen LogP contribution in [0.25, 0.3) is 0 Å². The van der Waals surface area contributed by atoms with Crippen LogP contribution in [0.15, 0.2) is 29.3 Å². The Morgan fingerprint density at radius 3 is 2.12 bits per heavy atom. The van der Waals surface area contributed by atoms with Crippen molar-refractivity contribution in [2.75, 3.05) is 26.7 Å². The van der Waals surface area contributed by atoms with Gasteiger partial charge in [-0.05, 0) is 36.6 Å². The highest BCUT2D eigenvalue weighted by Gasteiger charge is 2.30. The maximum absolute atomic E-state index is 12.5. The zero-order chi connectivity index (χ0) is 18.9. The minimum atomic E-state index is -4.41. The molecule has 1 aromatic carbocycles. The maximum atomic E-state index is 12.5. The number of nitrogens with one attached hydrogen (secondary N) is 3. The first kappa shape index (κ1) is 20.8. The van der Waals surface area contributed by atoms with Gasteiger partial charge in [0.15, 0.2) is 5.96 Å². The molecule has 1 aromatic rings. The Hall–Kier alpha value is -2.25. The number of hydrogen-bond donors (Lipinski definition) is 3. The van der Waals surface area contributed by atoms with Crippen molar-refractivity contribution in [1.29, 1.82) is 0 Å². The van der Waals surface area contributed by atoms with Crippen molar-refractivity contribution in [3.63, 3.8) is 0 Å². The smallest absolute Gasteiger partial charge is 0.356 e. The highest BCUT2D eigenvalue weighted by molar-refractivity contribution is 5.94. The van der Waals surface area contributed by atoms with Crippen LogP contribution in [0, 0.1) is 5.92 Å². The fourth-order valence-electron chi connectivity index (χ4n) is 1.97. The number of halogens is 3. The number of benzene rings is 1. The highest BCUT2D eigenvalue weighted by atomic mass is 19.4. The lowest BCUT2D eigenvalue weighted by atomic mass is 10.1. The van der Waals surface area contributed by atoms with Crippen molar-refractivity contribution >= 4 is 11.9 Å². The molecule has 5 nitrogen and oxygen atoms in total. The van der Waals surface area contributed by atoms with Gasteiger partial charge in [0.1, 0.15) is 0 Å². The molecular weight excluding hydrogens is 333 g/mol. The standard InChI is InChI=1S/C17H25F3N4O/c1-12(2)8-9-23-16(21-3)24-11-10-22-15(25)13-4-6-14(7-5-13)17(18,19)20/h4-7,12H,8-11H2,1-3H3,(H,22,25)(H2,21,23,24). The molecule has 1 amide bonds. The molecule has 0 spiro atoms. The molecule has 0 aliphatic heterocycles. The summed E-state index contributed by atoms with van der Waals surface area (Å²) in [7, 11) is 1.66. The molecule has 0 aliphatic rings. The Morgan fingerprint density at radius 2 is 1.60 bits per heavy atom. The molecule has 0 fully saturated rings. The number of amides is 1. The van der Waals surface area contributed by atoms with E-state index in [0.29, 0.717) is 25.0 Å². The third-order valence-electron chi connectivity index (χ3n) is 3.42. The summed E-state index contributed by atoms with van der Waals surface area (Å²) in [5.74, 6) is 0.816. The van der Waals surface area contributed by atoms with Crippen LogP contribution in [-0.2, 0) is 6.18 Å². The number of hydrogen-bond acceptors (Lipinski definition) is 2. The van der Waals surface area contributed by atoms with Crippen LogP contribution in [-0.4, -0.2) is 38.5 Å². The zero-order valence-corrected chi connectivity index (χ0v) is 14.7. The first-order valence-corrected chi connectivity index (χ1v) is 8.14. The second-order valence-corrected chi connectivity index (χ2v) is 5.94. The van der Waals surface area contributed by atoms with Gasteiger partial charge in [-0.15, -0.1) is 0 Å². The average molecular weight is 358 g/mol. The fraction of sp³-hybridized carbons (Fsp3) is 0.529. The van der Waals surface area contributed by atoms with Gasteiger partial charge < -0.3 is 16.0 Å². The van der Waals surface area contributed by atoms with Gasteiger partial charge in [-0.3, -0.25) is 9.79 Å². The van der Waals surface area contributed by atoms with Gasteiger partial charge in [-0.25, -0.2) is 0 Å². The van der Waals surface area contributed by atoms with E-state index in [9.17, 15) is 18.0 Å². The fourth-order valence-corrected chi connectivity index (χ4v) is 1.97. The lowest BCUT2D eigenvalue weighted by Crippen LogP contribution is -2.42. The molecule has 140 valence electrons. The minimum Gasteiger partial charge on any atom is -0.356 e. The van der Waals surface area contributed by atoms with Crippen LogP contribution < -0.4 is 16.0 Å². The summed E-state index contributed by atoms with van der Waals surface area (Å²) in [6.07, 6.45) is -3.39. The van der Waals surface area contributed by atoms with Gasteiger partial charge in [-0.1, -0.05) is 13.8 Å². The highest BCUT2D eigenvalue weighted by Crippen LogP contribution is 2.28. The number of aliphatic imine (C=N–C) groups is 1. The molecule has 0 saturated carbocycles. The Kier molecular flexibility index (Phi) is 8.24. The van der Waals surface area contributed by atoms with E-state index in [-0.39, 0.29) is 5.56 Å². The van der Waals surface area contributed by atoms with Crippen LogP contribution in [0.3, 0.4) is 0 Å². The van der Waals surface area contributed by atoms with Crippen molar-refractivity contribution in [2.45, 2.75) is 26.4 Å². The number of carbonyl (C=O) groups excluding carboxylic acids is 1. The summed E-state index contributed by atoms with van der Waals surface area (Å²) in [6, 6.07) is 4.12. The number of carbonyl (C=O) groups is 1. The second-order valence-electron chi connectivity index (χ2n) is 5.94. The number of nitrogens with zero attached hydrogens (tertiary/aromatic N) is 1. The van der Waals surface area contributed by atoms with Gasteiger partial charge in [0.2, 0.25) is 0 Å². The molecular formula is C17H25F3N4O. The predicted octanol–water partition coefficient (Wildman–Crippen LogP) is 2.65. The zero-order valence-electron chi connectivity index (χ0n) is 14.7. The number of alkyl halides is 3. The van der Waals surface area contributed by atoms with E-state index in [1.165, 1.54) is 0 Å². The van der Waals surface area contributed by atoms with Crippen molar-refractivity contribution in [2.24, 2.45) is 10.9 Å². The number of rotatable bonds is 7. The first-order chi connectivity index (χ1) is 11.7. The Labute approximate surface area is 146 Å². The van der Waals surface area contributed by atoms with E-state index in [1.54, 1.807) is 7.05 Å². The van der Waals surface area contributed by atoms with Gasteiger partial charge in [-0.2, -0.15) is 13.2 Å². The van der Waals surface area contributed by atoms with Crippen LogP contribution in [0.5, 0.6) is 0 Å². The molecule has 25 heavy (non-hydrogen) atoms. The molecule has 0 aromatic heterocycles. The van der Waals surface area contributed by atoms with Crippen LogP contribution >= 0.6 is 0 Å². The quantitative estimate of drug-likeness (QED) is 0.399. The van der Waals surface area contributed by atoms with E-state index >= 15 is 0 Å². The lowest BCUT2D eigenvalue weighted by molar-refractivity contribution is -0.137. The molecule has 0 saturated heterocycles.